The highest BCUT2D eigenvalue weighted by Gasteiger charge is 2.22. The average molecular weight is 506 g/mol. The number of rotatable bonds is 9. The van der Waals surface area contributed by atoms with E-state index in [1.807, 2.05) is 14.0 Å². The molecule has 1 aliphatic heterocycles. The number of ether oxygens (including phenoxy) is 1. The number of aryl methyl sites for hydroxylation is 3. The van der Waals surface area contributed by atoms with E-state index in [0.29, 0.717) is 12.0 Å². The SMILES string of the molecule is CN=C(NCCCn1nc(C)cc1C)NCC(CC(C)C)N1CCOCC1.I. The second-order valence-electron chi connectivity index (χ2n) is 7.82. The molecule has 28 heavy (non-hydrogen) atoms. The summed E-state index contributed by atoms with van der Waals surface area (Å²) in [5.41, 5.74) is 2.30. The summed E-state index contributed by atoms with van der Waals surface area (Å²) >= 11 is 0. The number of hydrogen-bond acceptors (Lipinski definition) is 4. The summed E-state index contributed by atoms with van der Waals surface area (Å²) in [4.78, 5) is 6.93. The van der Waals surface area contributed by atoms with E-state index in [2.05, 4.69) is 57.1 Å². The van der Waals surface area contributed by atoms with Crippen molar-refractivity contribution < 1.29 is 4.74 Å². The van der Waals surface area contributed by atoms with Crippen LogP contribution in [0.15, 0.2) is 11.1 Å². The molecule has 1 unspecified atom stereocenters. The molecule has 0 aromatic carbocycles. The van der Waals surface area contributed by atoms with E-state index < -0.39 is 0 Å². The first-order chi connectivity index (χ1) is 13.0. The number of aliphatic imine (C=N–C) groups is 1. The monoisotopic (exact) mass is 506 g/mol. The highest BCUT2D eigenvalue weighted by atomic mass is 127. The van der Waals surface area contributed by atoms with Crippen molar-refractivity contribution in [1.29, 1.82) is 0 Å². The van der Waals surface area contributed by atoms with Gasteiger partial charge in [0.25, 0.3) is 0 Å². The lowest BCUT2D eigenvalue weighted by Gasteiger charge is -2.35. The van der Waals surface area contributed by atoms with Crippen molar-refractivity contribution in [2.45, 2.75) is 53.1 Å². The molecule has 0 bridgehead atoms. The molecule has 0 amide bonds. The summed E-state index contributed by atoms with van der Waals surface area (Å²) in [6.07, 6.45) is 2.20. The molecular weight excluding hydrogens is 467 g/mol. The van der Waals surface area contributed by atoms with E-state index in [1.54, 1.807) is 0 Å². The van der Waals surface area contributed by atoms with Crippen LogP contribution in [0.3, 0.4) is 0 Å². The van der Waals surface area contributed by atoms with Gasteiger partial charge in [0.1, 0.15) is 0 Å². The minimum atomic E-state index is 0. The third-order valence-corrected chi connectivity index (χ3v) is 4.98. The van der Waals surface area contributed by atoms with Gasteiger partial charge in [-0.2, -0.15) is 5.10 Å². The second-order valence-corrected chi connectivity index (χ2v) is 7.82. The molecule has 7 nitrogen and oxygen atoms in total. The fraction of sp³-hybridized carbons (Fsp3) is 0.800. The third kappa shape index (κ3) is 8.65. The minimum absolute atomic E-state index is 0. The second kappa shape index (κ2) is 13.4. The van der Waals surface area contributed by atoms with Gasteiger partial charge in [-0.1, -0.05) is 13.8 Å². The van der Waals surface area contributed by atoms with Gasteiger partial charge in [-0.05, 0) is 38.7 Å². The topological polar surface area (TPSA) is 66.7 Å². The lowest BCUT2D eigenvalue weighted by molar-refractivity contribution is 0.0132. The summed E-state index contributed by atoms with van der Waals surface area (Å²) in [5.74, 6) is 1.56. The Labute approximate surface area is 187 Å². The van der Waals surface area contributed by atoms with Crippen molar-refractivity contribution >= 4 is 29.9 Å². The number of morpholine rings is 1. The molecule has 0 spiro atoms. The van der Waals surface area contributed by atoms with Gasteiger partial charge in [0.05, 0.1) is 18.9 Å². The lowest BCUT2D eigenvalue weighted by atomic mass is 10.0. The van der Waals surface area contributed by atoms with E-state index in [4.69, 9.17) is 4.74 Å². The van der Waals surface area contributed by atoms with Gasteiger partial charge in [0.2, 0.25) is 0 Å². The zero-order chi connectivity index (χ0) is 19.6. The number of halogens is 1. The van der Waals surface area contributed by atoms with E-state index in [-0.39, 0.29) is 24.0 Å². The van der Waals surface area contributed by atoms with Gasteiger partial charge in [-0.15, -0.1) is 24.0 Å². The number of nitrogens with zero attached hydrogens (tertiary/aromatic N) is 4. The zero-order valence-electron chi connectivity index (χ0n) is 18.2. The van der Waals surface area contributed by atoms with Crippen molar-refractivity contribution in [2.24, 2.45) is 10.9 Å². The molecule has 1 fully saturated rings. The molecule has 8 heteroatoms. The van der Waals surface area contributed by atoms with Gasteiger partial charge in [-0.3, -0.25) is 14.6 Å². The Morgan fingerprint density at radius 3 is 2.54 bits per heavy atom. The molecule has 0 radical (unpaired) electrons. The zero-order valence-corrected chi connectivity index (χ0v) is 20.5. The molecule has 0 saturated carbocycles. The van der Waals surface area contributed by atoms with Crippen molar-refractivity contribution in [2.75, 3.05) is 46.4 Å². The van der Waals surface area contributed by atoms with Gasteiger partial charge in [-0.25, -0.2) is 0 Å². The van der Waals surface area contributed by atoms with E-state index in [9.17, 15) is 0 Å². The van der Waals surface area contributed by atoms with Crippen LogP contribution in [-0.4, -0.2) is 73.1 Å². The molecule has 162 valence electrons. The lowest BCUT2D eigenvalue weighted by Crippen LogP contribution is -2.51. The van der Waals surface area contributed by atoms with Crippen LogP contribution < -0.4 is 10.6 Å². The van der Waals surface area contributed by atoms with E-state index in [0.717, 1.165) is 64.0 Å². The highest BCUT2D eigenvalue weighted by Crippen LogP contribution is 2.13. The predicted molar refractivity (Wildman–Crippen MR) is 127 cm³/mol. The maximum Gasteiger partial charge on any atom is 0.191 e. The van der Waals surface area contributed by atoms with Crippen LogP contribution in [0.1, 0.15) is 38.1 Å². The molecule has 1 saturated heterocycles. The number of nitrogens with one attached hydrogen (secondary N) is 2. The molecule has 1 aromatic rings. The molecule has 0 aliphatic carbocycles. The van der Waals surface area contributed by atoms with Crippen LogP contribution in [0.2, 0.25) is 0 Å². The number of guanidine groups is 1. The Bertz CT molecular complexity index is 583. The quantitative estimate of drug-likeness (QED) is 0.233. The van der Waals surface area contributed by atoms with Crippen molar-refractivity contribution in [3.05, 3.63) is 17.5 Å². The summed E-state index contributed by atoms with van der Waals surface area (Å²) in [6, 6.07) is 2.64. The Hall–Kier alpha value is -0.870. The van der Waals surface area contributed by atoms with Gasteiger partial charge in [0, 0.05) is 51.5 Å². The first kappa shape index (κ1) is 25.2. The number of hydrogen-bond donors (Lipinski definition) is 2. The minimum Gasteiger partial charge on any atom is -0.379 e. The van der Waals surface area contributed by atoms with Gasteiger partial charge >= 0.3 is 0 Å². The smallest absolute Gasteiger partial charge is 0.191 e. The van der Waals surface area contributed by atoms with E-state index >= 15 is 0 Å². The van der Waals surface area contributed by atoms with Crippen molar-refractivity contribution in [3.63, 3.8) is 0 Å². The van der Waals surface area contributed by atoms with Crippen molar-refractivity contribution in [1.82, 2.24) is 25.3 Å². The molecule has 2 rings (SSSR count). The first-order valence-electron chi connectivity index (χ1n) is 10.3. The van der Waals surface area contributed by atoms with Crippen LogP contribution in [0, 0.1) is 19.8 Å². The Kier molecular flexibility index (Phi) is 12.0. The maximum atomic E-state index is 5.51. The van der Waals surface area contributed by atoms with Crippen molar-refractivity contribution in [3.8, 4) is 0 Å². The molecular formula is C20H39IN6O. The Morgan fingerprint density at radius 1 is 1.25 bits per heavy atom. The largest absolute Gasteiger partial charge is 0.379 e. The Morgan fingerprint density at radius 2 is 1.96 bits per heavy atom. The average Bonchev–Trinajstić information content (AvgIpc) is 2.97. The van der Waals surface area contributed by atoms with Crippen LogP contribution in [0.4, 0.5) is 0 Å². The normalized spacial score (nSPS) is 16.7. The number of aromatic nitrogens is 2. The fourth-order valence-corrected chi connectivity index (χ4v) is 3.62. The van der Waals surface area contributed by atoms with Gasteiger partial charge < -0.3 is 15.4 Å². The van der Waals surface area contributed by atoms with Crippen LogP contribution in [0.25, 0.3) is 0 Å². The Balaban J connectivity index is 0.00000392. The van der Waals surface area contributed by atoms with E-state index in [1.165, 1.54) is 12.1 Å². The molecule has 2 heterocycles. The first-order valence-corrected chi connectivity index (χ1v) is 10.3. The highest BCUT2D eigenvalue weighted by molar-refractivity contribution is 14.0. The summed E-state index contributed by atoms with van der Waals surface area (Å²) in [5, 5.41) is 11.5. The summed E-state index contributed by atoms with van der Waals surface area (Å²) in [6.45, 7) is 15.2. The van der Waals surface area contributed by atoms with Crippen LogP contribution in [-0.2, 0) is 11.3 Å². The van der Waals surface area contributed by atoms with Crippen LogP contribution >= 0.6 is 24.0 Å². The maximum absolute atomic E-state index is 5.51. The standard InChI is InChI=1S/C20H38N6O.HI/c1-16(2)13-19(25-9-11-27-12-10-25)15-23-20(21-5)22-7-6-8-26-18(4)14-17(3)24-26;/h14,16,19H,6-13,15H2,1-5H3,(H2,21,22,23);1H. The fourth-order valence-electron chi connectivity index (χ4n) is 3.62. The molecule has 1 aliphatic rings. The molecule has 1 aromatic heterocycles. The predicted octanol–water partition coefficient (Wildman–Crippen LogP) is 2.42. The molecule has 1 atom stereocenters. The van der Waals surface area contributed by atoms with Crippen LogP contribution in [0.5, 0.6) is 0 Å². The summed E-state index contributed by atoms with van der Waals surface area (Å²) < 4.78 is 7.58. The summed E-state index contributed by atoms with van der Waals surface area (Å²) in [7, 11) is 1.84. The van der Waals surface area contributed by atoms with Gasteiger partial charge in [0.15, 0.2) is 5.96 Å². The third-order valence-electron chi connectivity index (χ3n) is 4.98. The molecule has 2 N–H and O–H groups in total.